The van der Waals surface area contributed by atoms with Gasteiger partial charge in [-0.3, -0.25) is 0 Å². The number of benzene rings is 2. The topological polar surface area (TPSA) is 78.8 Å². The molecule has 0 aliphatic heterocycles. The van der Waals surface area contributed by atoms with Crippen molar-refractivity contribution >= 4 is 23.8 Å². The van der Waals surface area contributed by atoms with Crippen LogP contribution in [0.15, 0.2) is 69.9 Å². The number of rotatable bonds is 22. The zero-order valence-corrected chi connectivity index (χ0v) is 27.8. The monoisotopic (exact) mass is 594 g/mol. The summed E-state index contributed by atoms with van der Waals surface area (Å²) in [6.07, 6.45) is 18.7. The Hall–Kier alpha value is -3.90. The molecule has 0 aromatic heterocycles. The average molecular weight is 595 g/mol. The molecule has 44 heavy (non-hydrogen) atoms. The molecule has 0 radical (unpaired) electrons. The van der Waals surface area contributed by atoms with Crippen molar-refractivity contribution in [2.24, 2.45) is 9.98 Å². The molecule has 6 heteroatoms. The van der Waals surface area contributed by atoms with E-state index < -0.39 is 0 Å². The van der Waals surface area contributed by atoms with E-state index in [0.29, 0.717) is 0 Å². The van der Waals surface area contributed by atoms with E-state index in [0.717, 1.165) is 37.3 Å². The van der Waals surface area contributed by atoms with Gasteiger partial charge >= 0.3 is 0 Å². The second kappa shape index (κ2) is 22.6. The number of nitrogens with zero attached hydrogens (tertiary/aromatic N) is 6. The summed E-state index contributed by atoms with van der Waals surface area (Å²) in [5.41, 5.74) is 4.11. The Morgan fingerprint density at radius 3 is 1.20 bits per heavy atom. The molecule has 2 aromatic carbocycles. The summed E-state index contributed by atoms with van der Waals surface area (Å²) in [5.74, 6) is 0. The van der Waals surface area contributed by atoms with Crippen LogP contribution in [-0.2, 0) is 0 Å². The molecule has 2 rings (SSSR count). The van der Waals surface area contributed by atoms with E-state index >= 15 is 0 Å². The van der Waals surface area contributed by atoms with Gasteiger partial charge in [-0.1, -0.05) is 102 Å². The molecule has 0 unspecified atom stereocenters. The third-order valence-electron chi connectivity index (χ3n) is 7.96. The fourth-order valence-corrected chi connectivity index (χ4v) is 5.21. The molecule has 0 saturated carbocycles. The van der Waals surface area contributed by atoms with Gasteiger partial charge in [0, 0.05) is 50.0 Å². The molecule has 0 fully saturated rings. The van der Waals surface area contributed by atoms with Crippen LogP contribution < -0.4 is 9.80 Å². The van der Waals surface area contributed by atoms with E-state index in [1.165, 1.54) is 88.4 Å². The van der Waals surface area contributed by atoms with Crippen LogP contribution in [0.1, 0.15) is 116 Å². The summed E-state index contributed by atoms with van der Waals surface area (Å²) in [5, 5.41) is 19.4. The zero-order valence-electron chi connectivity index (χ0n) is 27.8. The molecule has 6 nitrogen and oxygen atoms in total. The van der Waals surface area contributed by atoms with Crippen LogP contribution in [0.3, 0.4) is 0 Å². The van der Waals surface area contributed by atoms with Gasteiger partial charge < -0.3 is 9.80 Å². The largest absolute Gasteiger partial charge is 0.372 e. The third kappa shape index (κ3) is 13.6. The number of allylic oxidation sites excluding steroid dienone is 2. The smallest absolute Gasteiger partial charge is 0.176 e. The van der Waals surface area contributed by atoms with Crippen molar-refractivity contribution in [3.63, 3.8) is 0 Å². The van der Waals surface area contributed by atoms with Crippen LogP contribution >= 0.6 is 0 Å². The van der Waals surface area contributed by atoms with E-state index in [4.69, 9.17) is 0 Å². The van der Waals surface area contributed by atoms with Crippen LogP contribution in [0.2, 0.25) is 0 Å². The molecule has 0 aliphatic rings. The first kappa shape index (κ1) is 36.3. The summed E-state index contributed by atoms with van der Waals surface area (Å²) < 4.78 is 0. The molecule has 2 aromatic rings. The van der Waals surface area contributed by atoms with Crippen molar-refractivity contribution in [2.45, 2.75) is 105 Å². The summed E-state index contributed by atoms with van der Waals surface area (Å²) in [4.78, 5) is 13.4. The number of aliphatic imine (C=N–C) groups is 2. The highest BCUT2D eigenvalue weighted by molar-refractivity contribution is 5.83. The van der Waals surface area contributed by atoms with Gasteiger partial charge in [-0.15, -0.1) is 0 Å². The second-order valence-electron chi connectivity index (χ2n) is 11.3. The first-order chi connectivity index (χ1) is 21.6. The lowest BCUT2D eigenvalue weighted by Crippen LogP contribution is -2.23. The van der Waals surface area contributed by atoms with Crippen molar-refractivity contribution in [3.05, 3.63) is 71.1 Å². The molecule has 0 atom stereocenters. The van der Waals surface area contributed by atoms with Gasteiger partial charge in [-0.2, -0.15) is 10.5 Å². The molecule has 0 saturated heterocycles. The Balaban J connectivity index is 1.98. The highest BCUT2D eigenvalue weighted by atomic mass is 15.1. The maximum absolute atomic E-state index is 9.70. The van der Waals surface area contributed by atoms with Gasteiger partial charge in [0.1, 0.15) is 12.1 Å². The highest BCUT2D eigenvalue weighted by Crippen LogP contribution is 2.18. The van der Waals surface area contributed by atoms with Crippen molar-refractivity contribution in [3.8, 4) is 12.1 Å². The van der Waals surface area contributed by atoms with Crippen molar-refractivity contribution in [1.29, 1.82) is 10.5 Å². The molecule has 0 heterocycles. The summed E-state index contributed by atoms with van der Waals surface area (Å²) >= 11 is 0. The molecular weight excluding hydrogens is 540 g/mol. The maximum atomic E-state index is 9.70. The van der Waals surface area contributed by atoms with Crippen LogP contribution in [0, 0.1) is 22.7 Å². The standard InChI is InChI=1S/C38H54N6/c1-5-9-11-13-15-17-27-43(7-3)35-23-19-33(20-24-35)31-41-37(29-39)38(30-40)42-32-34-21-25-36(26-22-34)44(8-4)28-18-16-14-12-10-6-2/h19-26,31-32H,5-18,27-28H2,1-4H3/b38-37+,41-31?,42-32?. The van der Waals surface area contributed by atoms with Crippen molar-refractivity contribution in [1.82, 2.24) is 0 Å². The first-order valence-electron chi connectivity index (χ1n) is 16.9. The van der Waals surface area contributed by atoms with E-state index in [2.05, 4.69) is 71.7 Å². The quantitative estimate of drug-likeness (QED) is 0.0772. The Bertz CT molecular complexity index is 1130. The van der Waals surface area contributed by atoms with Gasteiger partial charge in [-0.05, 0) is 62.1 Å². The summed E-state index contributed by atoms with van der Waals surface area (Å²) in [6, 6.07) is 20.5. The van der Waals surface area contributed by atoms with Crippen molar-refractivity contribution < 1.29 is 0 Å². The Kier molecular flexibility index (Phi) is 18.7. The van der Waals surface area contributed by atoms with Gasteiger partial charge in [0.05, 0.1) is 0 Å². The fourth-order valence-electron chi connectivity index (χ4n) is 5.21. The lowest BCUT2D eigenvalue weighted by Gasteiger charge is -2.23. The van der Waals surface area contributed by atoms with Gasteiger partial charge in [-0.25, -0.2) is 9.98 Å². The number of unbranched alkanes of at least 4 members (excludes halogenated alkanes) is 10. The van der Waals surface area contributed by atoms with E-state index in [1.807, 2.05) is 36.4 Å². The molecule has 0 N–H and O–H groups in total. The first-order valence-corrected chi connectivity index (χ1v) is 16.9. The van der Waals surface area contributed by atoms with E-state index in [-0.39, 0.29) is 11.4 Å². The van der Waals surface area contributed by atoms with Crippen molar-refractivity contribution in [2.75, 3.05) is 36.0 Å². The minimum Gasteiger partial charge on any atom is -0.372 e. The predicted molar refractivity (Wildman–Crippen MR) is 189 cm³/mol. The molecule has 236 valence electrons. The molecule has 0 spiro atoms. The lowest BCUT2D eigenvalue weighted by molar-refractivity contribution is 0.601. The number of hydrogen-bond acceptors (Lipinski definition) is 6. The maximum Gasteiger partial charge on any atom is 0.176 e. The Labute approximate surface area is 267 Å². The minimum atomic E-state index is -0.00111. The molecule has 0 bridgehead atoms. The fraction of sp³-hybridized carbons (Fsp3) is 0.526. The van der Waals surface area contributed by atoms with Crippen LogP contribution in [0.25, 0.3) is 0 Å². The third-order valence-corrected chi connectivity index (χ3v) is 7.96. The normalized spacial score (nSPS) is 11.9. The lowest BCUT2D eigenvalue weighted by atomic mass is 10.1. The van der Waals surface area contributed by atoms with E-state index in [1.54, 1.807) is 12.4 Å². The number of nitriles is 2. The Morgan fingerprint density at radius 2 is 0.886 bits per heavy atom. The molecule has 0 amide bonds. The Morgan fingerprint density at radius 1 is 0.545 bits per heavy atom. The average Bonchev–Trinajstić information content (AvgIpc) is 3.06. The minimum absolute atomic E-state index is 0.00111. The summed E-state index contributed by atoms with van der Waals surface area (Å²) in [6.45, 7) is 12.9. The molecular formula is C38H54N6. The number of anilines is 2. The van der Waals surface area contributed by atoms with E-state index in [9.17, 15) is 10.5 Å². The van der Waals surface area contributed by atoms with Crippen LogP contribution in [-0.4, -0.2) is 38.6 Å². The summed E-state index contributed by atoms with van der Waals surface area (Å²) in [7, 11) is 0. The van der Waals surface area contributed by atoms with Gasteiger partial charge in [0.2, 0.25) is 0 Å². The highest BCUT2D eigenvalue weighted by Gasteiger charge is 2.07. The van der Waals surface area contributed by atoms with Crippen LogP contribution in [0.5, 0.6) is 0 Å². The molecule has 0 aliphatic carbocycles. The second-order valence-corrected chi connectivity index (χ2v) is 11.3. The number of hydrogen-bond donors (Lipinski definition) is 0. The van der Waals surface area contributed by atoms with Crippen LogP contribution in [0.4, 0.5) is 11.4 Å². The zero-order chi connectivity index (χ0) is 31.8. The van der Waals surface area contributed by atoms with Gasteiger partial charge in [0.25, 0.3) is 0 Å². The predicted octanol–water partition coefficient (Wildman–Crippen LogP) is 9.86. The van der Waals surface area contributed by atoms with Gasteiger partial charge in [0.15, 0.2) is 11.4 Å². The SMILES string of the molecule is CCCCCCCCN(CC)c1ccc(C=N/C(C#N)=C(\C#N)N=Cc2ccc(N(CC)CCCCCCCC)cc2)cc1.